The standard InChI is InChI=1S/C15H25NO2S/c1-4-6-11-19(17)12-14(16-5-2)13-9-7-8-10-15(13)18-3/h7-10,14,16H,4-6,11-12H2,1-3H3. The molecule has 0 saturated carbocycles. The molecule has 4 heteroatoms. The van der Waals surface area contributed by atoms with E-state index >= 15 is 0 Å². The van der Waals surface area contributed by atoms with Gasteiger partial charge in [0.2, 0.25) is 0 Å². The number of para-hydroxylation sites is 1. The third kappa shape index (κ3) is 5.33. The summed E-state index contributed by atoms with van der Waals surface area (Å²) in [6, 6.07) is 8.05. The SMILES string of the molecule is CCCCS(=O)CC(NCC)c1ccccc1OC. The fourth-order valence-electron chi connectivity index (χ4n) is 2.03. The summed E-state index contributed by atoms with van der Waals surface area (Å²) in [6.07, 6.45) is 2.11. The van der Waals surface area contributed by atoms with Crippen LogP contribution in [0.1, 0.15) is 38.3 Å². The van der Waals surface area contributed by atoms with Crippen molar-refractivity contribution in [3.8, 4) is 5.75 Å². The van der Waals surface area contributed by atoms with Crippen LogP contribution in [0.3, 0.4) is 0 Å². The van der Waals surface area contributed by atoms with Crippen LogP contribution < -0.4 is 10.1 Å². The minimum Gasteiger partial charge on any atom is -0.496 e. The second-order valence-electron chi connectivity index (χ2n) is 4.52. The smallest absolute Gasteiger partial charge is 0.123 e. The average molecular weight is 283 g/mol. The molecule has 1 rings (SSSR count). The Morgan fingerprint density at radius 2 is 2.05 bits per heavy atom. The van der Waals surface area contributed by atoms with E-state index in [-0.39, 0.29) is 6.04 Å². The molecule has 3 nitrogen and oxygen atoms in total. The Kier molecular flexibility index (Phi) is 7.75. The molecule has 2 unspecified atom stereocenters. The molecule has 0 amide bonds. The third-order valence-electron chi connectivity index (χ3n) is 3.04. The highest BCUT2D eigenvalue weighted by Gasteiger charge is 2.17. The van der Waals surface area contributed by atoms with E-state index in [1.54, 1.807) is 7.11 Å². The third-order valence-corrected chi connectivity index (χ3v) is 4.49. The van der Waals surface area contributed by atoms with Gasteiger partial charge in [-0.15, -0.1) is 0 Å². The van der Waals surface area contributed by atoms with Gasteiger partial charge in [-0.05, 0) is 19.0 Å². The first-order valence-electron chi connectivity index (χ1n) is 6.94. The molecule has 0 spiro atoms. The number of nitrogens with one attached hydrogen (secondary N) is 1. The first-order valence-corrected chi connectivity index (χ1v) is 8.43. The maximum Gasteiger partial charge on any atom is 0.123 e. The summed E-state index contributed by atoms with van der Waals surface area (Å²) in [6.45, 7) is 5.05. The summed E-state index contributed by atoms with van der Waals surface area (Å²) in [7, 11) is 0.896. The highest BCUT2D eigenvalue weighted by Crippen LogP contribution is 2.25. The lowest BCUT2D eigenvalue weighted by Crippen LogP contribution is -2.27. The maximum absolute atomic E-state index is 12.1. The normalized spacial score (nSPS) is 14.1. The van der Waals surface area contributed by atoms with E-state index < -0.39 is 10.8 Å². The molecule has 0 saturated heterocycles. The Balaban J connectivity index is 2.78. The number of hydrogen-bond acceptors (Lipinski definition) is 3. The zero-order chi connectivity index (χ0) is 14.1. The van der Waals surface area contributed by atoms with Crippen LogP contribution in [0, 0.1) is 0 Å². The van der Waals surface area contributed by atoms with E-state index in [2.05, 4.69) is 19.2 Å². The molecule has 0 fully saturated rings. The van der Waals surface area contributed by atoms with Crippen molar-refractivity contribution < 1.29 is 8.95 Å². The van der Waals surface area contributed by atoms with Crippen LogP contribution >= 0.6 is 0 Å². The molecular weight excluding hydrogens is 258 g/mol. The lowest BCUT2D eigenvalue weighted by Gasteiger charge is -2.20. The van der Waals surface area contributed by atoms with Crippen molar-refractivity contribution in [1.29, 1.82) is 0 Å². The summed E-state index contributed by atoms with van der Waals surface area (Å²) < 4.78 is 17.5. The van der Waals surface area contributed by atoms with Crippen LogP contribution in [0.5, 0.6) is 5.75 Å². The van der Waals surface area contributed by atoms with Crippen molar-refractivity contribution in [2.24, 2.45) is 0 Å². The molecule has 0 aliphatic heterocycles. The fourth-order valence-corrected chi connectivity index (χ4v) is 3.48. The fraction of sp³-hybridized carbons (Fsp3) is 0.600. The van der Waals surface area contributed by atoms with E-state index in [0.717, 1.165) is 36.5 Å². The van der Waals surface area contributed by atoms with Gasteiger partial charge >= 0.3 is 0 Å². The molecule has 1 aromatic rings. The monoisotopic (exact) mass is 283 g/mol. The van der Waals surface area contributed by atoms with Crippen molar-refractivity contribution in [3.63, 3.8) is 0 Å². The average Bonchev–Trinajstić information content (AvgIpc) is 2.44. The molecule has 0 aromatic heterocycles. The summed E-state index contributed by atoms with van der Waals surface area (Å²) >= 11 is 0. The number of ether oxygens (including phenoxy) is 1. The van der Waals surface area contributed by atoms with E-state index in [4.69, 9.17) is 4.74 Å². The highest BCUT2D eigenvalue weighted by molar-refractivity contribution is 7.85. The van der Waals surface area contributed by atoms with Gasteiger partial charge in [-0.25, -0.2) is 0 Å². The number of methoxy groups -OCH3 is 1. The van der Waals surface area contributed by atoms with Crippen LogP contribution in [-0.4, -0.2) is 29.4 Å². The summed E-state index contributed by atoms with van der Waals surface area (Å²) in [4.78, 5) is 0. The van der Waals surface area contributed by atoms with Crippen molar-refractivity contribution in [1.82, 2.24) is 5.32 Å². The molecule has 0 bridgehead atoms. The Hall–Kier alpha value is -0.870. The second kappa shape index (κ2) is 9.10. The van der Waals surface area contributed by atoms with E-state index in [1.165, 1.54) is 0 Å². The largest absolute Gasteiger partial charge is 0.496 e. The molecule has 0 heterocycles. The minimum atomic E-state index is -0.780. The van der Waals surface area contributed by atoms with Gasteiger partial charge in [-0.1, -0.05) is 38.5 Å². The van der Waals surface area contributed by atoms with Crippen molar-refractivity contribution >= 4 is 10.8 Å². The number of unbranched alkanes of at least 4 members (excludes halogenated alkanes) is 1. The maximum atomic E-state index is 12.1. The molecular formula is C15H25NO2S. The van der Waals surface area contributed by atoms with E-state index in [1.807, 2.05) is 24.3 Å². The number of hydrogen-bond donors (Lipinski definition) is 1. The minimum absolute atomic E-state index is 0.0961. The van der Waals surface area contributed by atoms with Gasteiger partial charge in [0.1, 0.15) is 5.75 Å². The summed E-state index contributed by atoms with van der Waals surface area (Å²) in [5.41, 5.74) is 1.09. The quantitative estimate of drug-likeness (QED) is 0.757. The van der Waals surface area contributed by atoms with Crippen LogP contribution in [0.25, 0.3) is 0 Å². The number of benzene rings is 1. The predicted octanol–water partition coefficient (Wildman–Crippen LogP) is 2.89. The van der Waals surface area contributed by atoms with Crippen molar-refractivity contribution in [2.45, 2.75) is 32.7 Å². The van der Waals surface area contributed by atoms with Gasteiger partial charge in [0.25, 0.3) is 0 Å². The Bertz CT molecular complexity index is 395. The molecule has 108 valence electrons. The van der Waals surface area contributed by atoms with Gasteiger partial charge in [0.05, 0.1) is 7.11 Å². The predicted molar refractivity (Wildman–Crippen MR) is 82.2 cm³/mol. The first kappa shape index (κ1) is 16.2. The lowest BCUT2D eigenvalue weighted by molar-refractivity contribution is 0.402. The van der Waals surface area contributed by atoms with Crippen LogP contribution in [0.15, 0.2) is 24.3 Å². The van der Waals surface area contributed by atoms with Crippen LogP contribution in [0.4, 0.5) is 0 Å². The highest BCUT2D eigenvalue weighted by atomic mass is 32.2. The second-order valence-corrected chi connectivity index (χ2v) is 6.14. The van der Waals surface area contributed by atoms with E-state index in [9.17, 15) is 4.21 Å². The summed E-state index contributed by atoms with van der Waals surface area (Å²) in [5.74, 6) is 2.29. The molecule has 1 N–H and O–H groups in total. The topological polar surface area (TPSA) is 38.3 Å². The molecule has 0 aliphatic rings. The first-order chi connectivity index (χ1) is 9.22. The van der Waals surface area contributed by atoms with Gasteiger partial charge in [-0.2, -0.15) is 0 Å². The molecule has 0 aliphatic carbocycles. The van der Waals surface area contributed by atoms with Gasteiger partial charge in [0, 0.05) is 33.9 Å². The molecule has 1 aromatic carbocycles. The zero-order valence-corrected chi connectivity index (χ0v) is 13.0. The van der Waals surface area contributed by atoms with Crippen molar-refractivity contribution in [2.75, 3.05) is 25.2 Å². The lowest BCUT2D eigenvalue weighted by atomic mass is 10.1. The van der Waals surface area contributed by atoms with Gasteiger partial charge < -0.3 is 10.1 Å². The van der Waals surface area contributed by atoms with E-state index in [0.29, 0.717) is 5.75 Å². The zero-order valence-electron chi connectivity index (χ0n) is 12.1. The summed E-state index contributed by atoms with van der Waals surface area (Å²) in [5, 5.41) is 3.41. The van der Waals surface area contributed by atoms with Crippen LogP contribution in [0.2, 0.25) is 0 Å². The van der Waals surface area contributed by atoms with Crippen molar-refractivity contribution in [3.05, 3.63) is 29.8 Å². The van der Waals surface area contributed by atoms with Crippen LogP contribution in [-0.2, 0) is 10.8 Å². The Morgan fingerprint density at radius 1 is 1.32 bits per heavy atom. The Labute approximate surface area is 119 Å². The van der Waals surface area contributed by atoms with Gasteiger partial charge in [0.15, 0.2) is 0 Å². The van der Waals surface area contributed by atoms with Gasteiger partial charge in [-0.3, -0.25) is 4.21 Å². The number of rotatable bonds is 9. The Morgan fingerprint density at radius 3 is 2.68 bits per heavy atom. The molecule has 0 radical (unpaired) electrons. The molecule has 2 atom stereocenters. The molecule has 19 heavy (non-hydrogen) atoms.